The lowest BCUT2D eigenvalue weighted by atomic mass is 10.0. The van der Waals surface area contributed by atoms with E-state index in [9.17, 15) is 4.79 Å². The van der Waals surface area contributed by atoms with E-state index in [1.54, 1.807) is 24.1 Å². The molecule has 0 bridgehead atoms. The first-order chi connectivity index (χ1) is 18.0. The molecule has 10 heteroatoms. The van der Waals surface area contributed by atoms with Gasteiger partial charge in [0, 0.05) is 16.9 Å². The van der Waals surface area contributed by atoms with Gasteiger partial charge in [0.1, 0.15) is 17.5 Å². The van der Waals surface area contributed by atoms with Crippen LogP contribution in [0.2, 0.25) is 0 Å². The summed E-state index contributed by atoms with van der Waals surface area (Å²) in [5.74, 6) is 0.615. The number of hydrogen-bond donors (Lipinski definition) is 2. The second-order valence-corrected chi connectivity index (χ2v) is 7.82. The Hall–Kier alpha value is -5.30. The van der Waals surface area contributed by atoms with E-state index in [1.165, 1.54) is 6.20 Å². The number of nitriles is 1. The van der Waals surface area contributed by atoms with Crippen molar-refractivity contribution < 1.29 is 4.74 Å². The number of hydrogen-bond acceptors (Lipinski definition) is 9. The van der Waals surface area contributed by atoms with E-state index in [2.05, 4.69) is 32.9 Å². The summed E-state index contributed by atoms with van der Waals surface area (Å²) in [5.41, 5.74) is 13.8. The average molecular weight is 493 g/mol. The molecule has 5 rings (SSSR count). The number of benzene rings is 2. The maximum atomic E-state index is 13.5. The molecule has 0 aliphatic carbocycles. The first-order valence-electron chi connectivity index (χ1n) is 11.3. The van der Waals surface area contributed by atoms with Gasteiger partial charge < -0.3 is 16.2 Å². The van der Waals surface area contributed by atoms with E-state index in [0.717, 1.165) is 28.8 Å². The molecule has 5 aromatic rings. The number of pyridine rings is 1. The number of anilines is 2. The summed E-state index contributed by atoms with van der Waals surface area (Å²) in [6.07, 6.45) is 5.24. The molecule has 0 unspecified atom stereocenters. The summed E-state index contributed by atoms with van der Waals surface area (Å²) in [6, 6.07) is 19.4. The van der Waals surface area contributed by atoms with Gasteiger partial charge in [-0.05, 0) is 30.0 Å². The van der Waals surface area contributed by atoms with Gasteiger partial charge in [-0.25, -0.2) is 9.97 Å². The van der Waals surface area contributed by atoms with Crippen LogP contribution in [0.3, 0.4) is 0 Å². The van der Waals surface area contributed by atoms with E-state index in [1.807, 2.05) is 54.6 Å². The Kier molecular flexibility index (Phi) is 7.35. The van der Waals surface area contributed by atoms with Crippen LogP contribution in [0, 0.1) is 11.3 Å². The fourth-order valence-electron chi connectivity index (χ4n) is 3.82. The Morgan fingerprint density at radius 1 is 1.03 bits per heavy atom. The molecule has 0 fully saturated rings. The van der Waals surface area contributed by atoms with Crippen LogP contribution in [0.5, 0.6) is 5.88 Å². The van der Waals surface area contributed by atoms with E-state index >= 15 is 0 Å². The second kappa shape index (κ2) is 11.0. The minimum atomic E-state index is -0.0595. The van der Waals surface area contributed by atoms with Crippen molar-refractivity contribution in [2.75, 3.05) is 18.6 Å². The Balaban J connectivity index is 0.000000270. The highest BCUT2D eigenvalue weighted by Gasteiger charge is 2.15. The van der Waals surface area contributed by atoms with Gasteiger partial charge in [-0.15, -0.1) is 0 Å². The molecule has 0 spiro atoms. The van der Waals surface area contributed by atoms with E-state index < -0.39 is 0 Å². The van der Waals surface area contributed by atoms with Crippen molar-refractivity contribution in [1.29, 1.82) is 5.26 Å². The molecule has 10 nitrogen and oxygen atoms in total. The van der Waals surface area contributed by atoms with Gasteiger partial charge in [-0.3, -0.25) is 14.3 Å². The van der Waals surface area contributed by atoms with Crippen molar-refractivity contribution in [2.24, 2.45) is 0 Å². The second-order valence-electron chi connectivity index (χ2n) is 7.82. The largest absolute Gasteiger partial charge is 0.480 e. The number of nitrogens with zero attached hydrogens (tertiary/aromatic N) is 6. The van der Waals surface area contributed by atoms with Crippen LogP contribution in [-0.2, 0) is 6.42 Å². The molecule has 0 aliphatic heterocycles. The van der Waals surface area contributed by atoms with Gasteiger partial charge >= 0.3 is 0 Å². The number of nitrogens with two attached hydrogens (primary N) is 2. The molecule has 0 radical (unpaired) electrons. The molecule has 0 saturated heterocycles. The lowest BCUT2D eigenvalue weighted by molar-refractivity contribution is 0.396. The maximum Gasteiger partial charge on any atom is 0.263 e. The Morgan fingerprint density at radius 3 is 2.49 bits per heavy atom. The standard InChI is InChI=1S/C22H19N3O2.C5H5N5/c1-3-16-12-15-8-7-11-18(19-13-23-14-20(24-19)27-2)21(15)22(26)25(16)17-9-5-4-6-10-17;6-1-3-2-9-5(8)10-4(3)7/h4-14H,3H2,1-2H3;2H,(H4,7,8,9,10). The monoisotopic (exact) mass is 492 g/mol. The molecule has 0 aliphatic rings. The highest BCUT2D eigenvalue weighted by atomic mass is 16.5. The van der Waals surface area contributed by atoms with Gasteiger partial charge in [0.25, 0.3) is 5.56 Å². The van der Waals surface area contributed by atoms with E-state index in [0.29, 0.717) is 17.0 Å². The predicted molar refractivity (Wildman–Crippen MR) is 142 cm³/mol. The van der Waals surface area contributed by atoms with Gasteiger partial charge in [0.05, 0.1) is 36.8 Å². The number of methoxy groups -OCH3 is 1. The number of para-hydroxylation sites is 1. The minimum absolute atomic E-state index is 0.0595. The normalized spacial score (nSPS) is 10.3. The zero-order valence-corrected chi connectivity index (χ0v) is 20.3. The first-order valence-corrected chi connectivity index (χ1v) is 11.3. The smallest absolute Gasteiger partial charge is 0.263 e. The molecule has 3 heterocycles. The summed E-state index contributed by atoms with van der Waals surface area (Å²) in [6.45, 7) is 2.05. The molecular formula is C27H24N8O2. The zero-order chi connectivity index (χ0) is 26.4. The molecule has 4 N–H and O–H groups in total. The van der Waals surface area contributed by atoms with Crippen LogP contribution in [-0.4, -0.2) is 31.6 Å². The highest BCUT2D eigenvalue weighted by molar-refractivity contribution is 5.95. The highest BCUT2D eigenvalue weighted by Crippen LogP contribution is 2.27. The summed E-state index contributed by atoms with van der Waals surface area (Å²) in [5, 5.41) is 9.88. The van der Waals surface area contributed by atoms with Crippen LogP contribution < -0.4 is 21.8 Å². The number of aromatic nitrogens is 5. The summed E-state index contributed by atoms with van der Waals surface area (Å²) >= 11 is 0. The third-order valence-corrected chi connectivity index (χ3v) is 5.55. The van der Waals surface area contributed by atoms with Crippen LogP contribution in [0.1, 0.15) is 18.2 Å². The Morgan fingerprint density at radius 2 is 1.81 bits per heavy atom. The van der Waals surface area contributed by atoms with Crippen LogP contribution >= 0.6 is 0 Å². The number of nitrogen functional groups attached to an aromatic ring is 2. The molecule has 2 aromatic carbocycles. The summed E-state index contributed by atoms with van der Waals surface area (Å²) in [4.78, 5) is 29.3. The SMILES string of the molecule is CCc1cc2cccc(-c3cncc(OC)n3)c2c(=O)n1-c1ccccc1.N#Cc1cnc(N)nc1N. The molecule has 0 saturated carbocycles. The van der Waals surface area contributed by atoms with Crippen molar-refractivity contribution in [3.05, 3.63) is 94.8 Å². The number of ether oxygens (including phenoxy) is 1. The first kappa shape index (κ1) is 24.8. The molecule has 37 heavy (non-hydrogen) atoms. The quantitative estimate of drug-likeness (QED) is 0.382. The molecule has 0 amide bonds. The topological polar surface area (TPSA) is 159 Å². The lowest BCUT2D eigenvalue weighted by Crippen LogP contribution is -2.22. The molecule has 0 atom stereocenters. The lowest BCUT2D eigenvalue weighted by Gasteiger charge is -2.15. The predicted octanol–water partition coefficient (Wildman–Crippen LogP) is 3.53. The van der Waals surface area contributed by atoms with Gasteiger partial charge in [0.2, 0.25) is 11.8 Å². The summed E-state index contributed by atoms with van der Waals surface area (Å²) in [7, 11) is 1.55. The van der Waals surface area contributed by atoms with Gasteiger partial charge in [-0.2, -0.15) is 10.2 Å². The molecule has 184 valence electrons. The zero-order valence-electron chi connectivity index (χ0n) is 20.3. The Labute approximate surface area is 212 Å². The Bertz CT molecular complexity index is 1660. The maximum absolute atomic E-state index is 13.5. The number of rotatable bonds is 4. The van der Waals surface area contributed by atoms with E-state index in [4.69, 9.17) is 21.5 Å². The minimum Gasteiger partial charge on any atom is -0.480 e. The molecular weight excluding hydrogens is 468 g/mol. The van der Waals surface area contributed by atoms with E-state index in [-0.39, 0.29) is 22.9 Å². The number of fused-ring (bicyclic) bond motifs is 1. The molecule has 3 aromatic heterocycles. The van der Waals surface area contributed by atoms with Crippen LogP contribution in [0.15, 0.2) is 78.0 Å². The van der Waals surface area contributed by atoms with Gasteiger partial charge in [-0.1, -0.05) is 43.3 Å². The fraction of sp³-hybridized carbons (Fsp3) is 0.111. The van der Waals surface area contributed by atoms with Gasteiger partial charge in [0.15, 0.2) is 0 Å². The third kappa shape index (κ3) is 5.21. The fourth-order valence-corrected chi connectivity index (χ4v) is 3.82. The summed E-state index contributed by atoms with van der Waals surface area (Å²) < 4.78 is 6.97. The van der Waals surface area contributed by atoms with Crippen molar-refractivity contribution in [2.45, 2.75) is 13.3 Å². The van der Waals surface area contributed by atoms with Crippen molar-refractivity contribution in [1.82, 2.24) is 24.5 Å². The number of aryl methyl sites for hydroxylation is 1. The van der Waals surface area contributed by atoms with Crippen molar-refractivity contribution in [3.8, 4) is 28.9 Å². The third-order valence-electron chi connectivity index (χ3n) is 5.55. The average Bonchev–Trinajstić information content (AvgIpc) is 2.93. The van der Waals surface area contributed by atoms with Crippen molar-refractivity contribution in [3.63, 3.8) is 0 Å². The van der Waals surface area contributed by atoms with Crippen LogP contribution in [0.4, 0.5) is 11.8 Å². The van der Waals surface area contributed by atoms with Crippen molar-refractivity contribution >= 4 is 22.5 Å². The van der Waals surface area contributed by atoms with Crippen LogP contribution in [0.25, 0.3) is 27.7 Å².